The van der Waals surface area contributed by atoms with Crippen LogP contribution in [0.3, 0.4) is 0 Å². The molecule has 0 aliphatic heterocycles. The van der Waals surface area contributed by atoms with E-state index in [0.717, 1.165) is 11.3 Å². The van der Waals surface area contributed by atoms with Crippen LogP contribution in [0.2, 0.25) is 0 Å². The molecule has 0 aliphatic carbocycles. The number of halogens is 3. The predicted octanol–water partition coefficient (Wildman–Crippen LogP) is 2.74. The topological polar surface area (TPSA) is 142 Å². The van der Waals surface area contributed by atoms with Gasteiger partial charge in [-0.2, -0.15) is 13.2 Å². The van der Waals surface area contributed by atoms with Crippen molar-refractivity contribution in [3.05, 3.63) is 52.0 Å². The van der Waals surface area contributed by atoms with Gasteiger partial charge in [0.1, 0.15) is 45.6 Å². The minimum atomic E-state index is -4.82. The van der Waals surface area contributed by atoms with E-state index in [-0.39, 0.29) is 16.5 Å². The molecule has 0 saturated carbocycles. The molecule has 0 aliphatic rings. The Kier molecular flexibility index (Phi) is 8.37. The van der Waals surface area contributed by atoms with Crippen LogP contribution in [-0.2, 0) is 6.18 Å². The van der Waals surface area contributed by atoms with E-state index < -0.39 is 41.2 Å². The minimum Gasteiger partial charge on any atom is -0.506 e. The molecule has 36 heavy (non-hydrogen) atoms. The molecular weight excluding hydrogens is 503 g/mol. The van der Waals surface area contributed by atoms with Gasteiger partial charge in [0.05, 0.1) is 18.4 Å². The zero-order chi connectivity index (χ0) is 26.5. The first kappa shape index (κ1) is 26.7. The number of carbonyl (C=O) groups excluding carboxylic acids is 2. The Hall–Kier alpha value is -3.85. The van der Waals surface area contributed by atoms with Gasteiger partial charge in [-0.15, -0.1) is 11.3 Å². The molecule has 3 heterocycles. The number of thiazole rings is 1. The number of carbonyl (C=O) groups is 2. The van der Waals surface area contributed by atoms with Gasteiger partial charge in [-0.3, -0.25) is 9.59 Å². The molecule has 0 radical (unpaired) electrons. The lowest BCUT2D eigenvalue weighted by Gasteiger charge is -2.12. The molecule has 11 nitrogen and oxygen atoms in total. The SMILES string of the molecule is CC(NC(=O)c1cc(OCCN(C)C)ncn1)c1ncc(C(=O)Nc2cc(C(F)(F)F)c(O)cn2)s1. The Morgan fingerprint density at radius 3 is 2.58 bits per heavy atom. The van der Waals surface area contributed by atoms with Crippen molar-refractivity contribution >= 4 is 29.0 Å². The zero-order valence-electron chi connectivity index (χ0n) is 19.3. The van der Waals surface area contributed by atoms with Crippen LogP contribution in [0, 0.1) is 0 Å². The quantitative estimate of drug-likeness (QED) is 0.384. The third-order valence-electron chi connectivity index (χ3n) is 4.56. The number of aromatic hydroxyl groups is 1. The van der Waals surface area contributed by atoms with Crippen LogP contribution in [0.4, 0.5) is 19.0 Å². The summed E-state index contributed by atoms with van der Waals surface area (Å²) in [4.78, 5) is 42.7. The number of hydrogen-bond acceptors (Lipinski definition) is 10. The summed E-state index contributed by atoms with van der Waals surface area (Å²) in [5, 5.41) is 14.7. The highest BCUT2D eigenvalue weighted by molar-refractivity contribution is 7.13. The second kappa shape index (κ2) is 11.3. The largest absolute Gasteiger partial charge is 0.506 e. The van der Waals surface area contributed by atoms with Crippen LogP contribution >= 0.6 is 11.3 Å². The number of anilines is 1. The summed E-state index contributed by atoms with van der Waals surface area (Å²) in [6.07, 6.45) is -1.79. The van der Waals surface area contributed by atoms with E-state index in [1.54, 1.807) is 6.92 Å². The van der Waals surface area contributed by atoms with Crippen molar-refractivity contribution < 1.29 is 32.6 Å². The van der Waals surface area contributed by atoms with Crippen molar-refractivity contribution in [1.82, 2.24) is 30.2 Å². The second-order valence-corrected chi connectivity index (χ2v) is 8.75. The summed E-state index contributed by atoms with van der Waals surface area (Å²) in [6, 6.07) is 1.32. The maximum absolute atomic E-state index is 13.0. The first-order valence-corrected chi connectivity index (χ1v) is 11.2. The fourth-order valence-electron chi connectivity index (χ4n) is 2.72. The minimum absolute atomic E-state index is 0.0742. The average molecular weight is 526 g/mol. The van der Waals surface area contributed by atoms with Crippen molar-refractivity contribution in [3.63, 3.8) is 0 Å². The summed E-state index contributed by atoms with van der Waals surface area (Å²) >= 11 is 0.936. The normalized spacial score (nSPS) is 12.3. The number of nitrogens with one attached hydrogen (secondary N) is 2. The first-order chi connectivity index (χ1) is 16.9. The van der Waals surface area contributed by atoms with Crippen molar-refractivity contribution in [3.8, 4) is 11.6 Å². The van der Waals surface area contributed by atoms with Gasteiger partial charge in [0, 0.05) is 12.6 Å². The molecular formula is C21H22F3N7O4S. The summed E-state index contributed by atoms with van der Waals surface area (Å²) < 4.78 is 44.4. The third-order valence-corrected chi connectivity index (χ3v) is 5.74. The molecule has 2 amide bonds. The van der Waals surface area contributed by atoms with Crippen LogP contribution in [0.1, 0.15) is 43.7 Å². The molecule has 192 valence electrons. The van der Waals surface area contributed by atoms with Crippen LogP contribution in [0.25, 0.3) is 0 Å². The van der Waals surface area contributed by atoms with E-state index in [4.69, 9.17) is 4.74 Å². The lowest BCUT2D eigenvalue weighted by atomic mass is 10.2. The standard InChI is InChI=1S/C21H22F3N7O4S/c1-11(29-18(33)13-7-17(28-10-27-13)35-5-4-31(2)3)20-26-9-15(36-20)19(34)30-16-6-12(21(22,23)24)14(32)8-25-16/h6-11,32H,4-5H2,1-3H3,(H,29,33)(H,25,30,34). The van der Waals surface area contributed by atoms with Gasteiger partial charge in [0.2, 0.25) is 5.88 Å². The Morgan fingerprint density at radius 2 is 1.89 bits per heavy atom. The average Bonchev–Trinajstić information content (AvgIpc) is 3.30. The molecule has 1 atom stereocenters. The smallest absolute Gasteiger partial charge is 0.420 e. The lowest BCUT2D eigenvalue weighted by Crippen LogP contribution is -2.27. The van der Waals surface area contributed by atoms with Gasteiger partial charge in [-0.05, 0) is 27.1 Å². The Balaban J connectivity index is 1.62. The molecule has 3 rings (SSSR count). The number of nitrogens with zero attached hydrogens (tertiary/aromatic N) is 5. The summed E-state index contributed by atoms with van der Waals surface area (Å²) in [6.45, 7) is 2.68. The van der Waals surface area contributed by atoms with Gasteiger partial charge in [-0.1, -0.05) is 0 Å². The Labute approximate surface area is 207 Å². The molecule has 0 bridgehead atoms. The first-order valence-electron chi connectivity index (χ1n) is 10.4. The highest BCUT2D eigenvalue weighted by atomic mass is 32.1. The number of rotatable bonds is 9. The van der Waals surface area contributed by atoms with Gasteiger partial charge in [0.15, 0.2) is 0 Å². The van der Waals surface area contributed by atoms with Crippen molar-refractivity contribution in [2.24, 2.45) is 0 Å². The van der Waals surface area contributed by atoms with E-state index in [9.17, 15) is 27.9 Å². The van der Waals surface area contributed by atoms with Gasteiger partial charge < -0.3 is 25.4 Å². The molecule has 3 aromatic heterocycles. The van der Waals surface area contributed by atoms with Gasteiger partial charge in [0.25, 0.3) is 11.8 Å². The maximum atomic E-state index is 13.0. The number of aromatic nitrogens is 4. The molecule has 0 saturated heterocycles. The molecule has 3 N–H and O–H groups in total. The maximum Gasteiger partial charge on any atom is 0.420 e. The number of hydrogen-bond donors (Lipinski definition) is 3. The summed E-state index contributed by atoms with van der Waals surface area (Å²) in [7, 11) is 3.79. The molecule has 1 unspecified atom stereocenters. The van der Waals surface area contributed by atoms with E-state index >= 15 is 0 Å². The highest BCUT2D eigenvalue weighted by Gasteiger charge is 2.34. The second-order valence-electron chi connectivity index (χ2n) is 7.69. The Morgan fingerprint density at radius 1 is 1.14 bits per heavy atom. The van der Waals surface area contributed by atoms with Crippen molar-refractivity contribution in [2.75, 3.05) is 32.6 Å². The Bertz CT molecular complexity index is 1240. The summed E-state index contributed by atoms with van der Waals surface area (Å²) in [5.74, 6) is -2.47. The van der Waals surface area contributed by atoms with E-state index in [0.29, 0.717) is 30.4 Å². The van der Waals surface area contributed by atoms with Crippen molar-refractivity contribution in [2.45, 2.75) is 19.1 Å². The third kappa shape index (κ3) is 7.08. The van der Waals surface area contributed by atoms with Gasteiger partial charge >= 0.3 is 6.18 Å². The van der Waals surface area contributed by atoms with E-state index in [1.165, 1.54) is 18.6 Å². The molecule has 0 fully saturated rings. The summed E-state index contributed by atoms with van der Waals surface area (Å²) in [5.41, 5.74) is -1.25. The van der Waals surface area contributed by atoms with E-state index in [1.807, 2.05) is 19.0 Å². The number of likely N-dealkylation sites (N-methyl/N-ethyl adjacent to an activating group) is 1. The zero-order valence-corrected chi connectivity index (χ0v) is 20.1. The molecule has 0 aromatic carbocycles. The van der Waals surface area contributed by atoms with Crippen LogP contribution in [-0.4, -0.2) is 69.0 Å². The molecule has 3 aromatic rings. The van der Waals surface area contributed by atoms with Crippen LogP contribution < -0.4 is 15.4 Å². The highest BCUT2D eigenvalue weighted by Crippen LogP contribution is 2.36. The fraction of sp³-hybridized carbons (Fsp3) is 0.333. The number of alkyl halides is 3. The lowest BCUT2D eigenvalue weighted by molar-refractivity contribution is -0.138. The number of amides is 2. The van der Waals surface area contributed by atoms with Gasteiger partial charge in [-0.25, -0.2) is 19.9 Å². The molecule has 15 heteroatoms. The predicted molar refractivity (Wildman–Crippen MR) is 123 cm³/mol. The molecule has 0 spiro atoms. The fourth-order valence-corrected chi connectivity index (χ4v) is 3.54. The van der Waals surface area contributed by atoms with Crippen LogP contribution in [0.5, 0.6) is 11.6 Å². The number of pyridine rings is 1. The monoisotopic (exact) mass is 525 g/mol. The van der Waals surface area contributed by atoms with Crippen LogP contribution in [0.15, 0.2) is 30.9 Å². The van der Waals surface area contributed by atoms with Crippen molar-refractivity contribution in [1.29, 1.82) is 0 Å². The number of ether oxygens (including phenoxy) is 1. The van der Waals surface area contributed by atoms with E-state index in [2.05, 4.69) is 30.6 Å².